The number of rotatable bonds is 5. The monoisotopic (exact) mass is 512 g/mol. The molecule has 0 aromatic heterocycles. The van der Waals surface area contributed by atoms with Crippen molar-refractivity contribution in [2.24, 2.45) is 40.9 Å². The van der Waals surface area contributed by atoms with Crippen molar-refractivity contribution in [1.29, 1.82) is 0 Å². The van der Waals surface area contributed by atoms with Gasteiger partial charge in [0.2, 0.25) is 0 Å². The van der Waals surface area contributed by atoms with E-state index in [9.17, 15) is 40.2 Å². The molecule has 1 aliphatic heterocycles. The Kier molecular flexibility index (Phi) is 7.26. The summed E-state index contributed by atoms with van der Waals surface area (Å²) in [6.45, 7) is 1.67. The van der Waals surface area contributed by atoms with Gasteiger partial charge in [0, 0.05) is 5.92 Å². The summed E-state index contributed by atoms with van der Waals surface area (Å²) in [5.74, 6) is -0.259. The minimum atomic E-state index is -1.82. The van der Waals surface area contributed by atoms with Crippen LogP contribution in [0.2, 0.25) is 0 Å². The molecule has 204 valence electrons. The molecule has 6 N–H and O–H groups in total. The van der Waals surface area contributed by atoms with Crippen molar-refractivity contribution in [3.05, 3.63) is 0 Å². The van der Waals surface area contributed by atoms with Gasteiger partial charge in [-0.1, -0.05) is 6.92 Å². The third-order valence-electron chi connectivity index (χ3n) is 10.5. The summed E-state index contributed by atoms with van der Waals surface area (Å²) >= 11 is 0. The molecule has 0 bridgehead atoms. The van der Waals surface area contributed by atoms with Crippen LogP contribution in [0.5, 0.6) is 0 Å². The molecule has 0 amide bonds. The number of fused-ring (bicyclic) bond motifs is 5. The van der Waals surface area contributed by atoms with E-state index in [1.54, 1.807) is 0 Å². The largest absolute Gasteiger partial charge is 0.479 e. The van der Waals surface area contributed by atoms with Gasteiger partial charge in [0.15, 0.2) is 18.2 Å². The van der Waals surface area contributed by atoms with Crippen molar-refractivity contribution in [3.63, 3.8) is 0 Å². The lowest BCUT2D eigenvalue weighted by Crippen LogP contribution is -2.60. The van der Waals surface area contributed by atoms with Crippen LogP contribution in [0.25, 0.3) is 0 Å². The predicted octanol–water partition coefficient (Wildman–Crippen LogP) is 0.0648. The molecule has 10 heteroatoms. The highest BCUT2D eigenvalue weighted by molar-refractivity contribution is 5.83. The van der Waals surface area contributed by atoms with E-state index >= 15 is 0 Å². The second kappa shape index (κ2) is 9.87. The lowest BCUT2D eigenvalue weighted by molar-refractivity contribution is -0.292. The lowest BCUT2D eigenvalue weighted by Gasteiger charge is -2.57. The number of Topliss-reactive ketones (excluding diaryl/α,β-unsaturated/α-hetero) is 1. The third-order valence-corrected chi connectivity index (χ3v) is 10.5. The standard InChI is InChI=1S/C26H40O10/c1-26-9-17(28)19-13-5-3-12(27)8-11(13)2-4-14(19)15(26)6-7-16(26)18(29)10-35-25-22(32)20(30)21(31)23(36-25)24(33)34/h11-17,19-23,25,27-28,30-32H,2-10H2,1H3,(H,33,34)/t11-,12+,13+,14+,15+,16-,17-,19-,20+,21+,22-,23+,25?,26+/m1/s1. The molecule has 4 saturated carbocycles. The number of aliphatic hydroxyl groups is 5. The molecule has 0 aromatic rings. The van der Waals surface area contributed by atoms with Crippen LogP contribution in [0.4, 0.5) is 0 Å². The van der Waals surface area contributed by atoms with Crippen molar-refractivity contribution >= 4 is 11.8 Å². The summed E-state index contributed by atoms with van der Waals surface area (Å²) < 4.78 is 10.6. The normalized spacial score (nSPS) is 52.7. The zero-order valence-electron chi connectivity index (χ0n) is 20.7. The smallest absolute Gasteiger partial charge is 0.335 e. The van der Waals surface area contributed by atoms with E-state index in [4.69, 9.17) is 9.47 Å². The highest BCUT2D eigenvalue weighted by Gasteiger charge is 2.61. The van der Waals surface area contributed by atoms with Gasteiger partial charge in [-0.15, -0.1) is 0 Å². The molecular weight excluding hydrogens is 472 g/mol. The van der Waals surface area contributed by atoms with Gasteiger partial charge in [-0.3, -0.25) is 4.79 Å². The molecular formula is C26H40O10. The number of ether oxygens (including phenoxy) is 2. The Balaban J connectivity index is 1.25. The molecule has 1 unspecified atom stereocenters. The number of aliphatic carboxylic acids is 1. The molecule has 5 aliphatic rings. The molecule has 0 spiro atoms. The minimum Gasteiger partial charge on any atom is -0.479 e. The maximum Gasteiger partial charge on any atom is 0.335 e. The lowest BCUT2D eigenvalue weighted by atomic mass is 9.48. The Labute approximate surface area is 210 Å². The van der Waals surface area contributed by atoms with Crippen LogP contribution in [0.15, 0.2) is 0 Å². The van der Waals surface area contributed by atoms with Gasteiger partial charge in [-0.25, -0.2) is 4.79 Å². The van der Waals surface area contributed by atoms with Crippen LogP contribution in [-0.2, 0) is 19.1 Å². The number of ketones is 1. The van der Waals surface area contributed by atoms with Gasteiger partial charge >= 0.3 is 5.97 Å². The second-order valence-electron chi connectivity index (χ2n) is 12.2. The number of carboxylic acids is 1. The fourth-order valence-electron chi connectivity index (χ4n) is 8.89. The van der Waals surface area contributed by atoms with Crippen LogP contribution in [0, 0.1) is 40.9 Å². The maximum absolute atomic E-state index is 13.3. The number of hydrogen-bond acceptors (Lipinski definition) is 9. The second-order valence-corrected chi connectivity index (χ2v) is 12.2. The summed E-state index contributed by atoms with van der Waals surface area (Å²) in [6, 6.07) is 0. The molecule has 1 heterocycles. The fraction of sp³-hybridized carbons (Fsp3) is 0.923. The number of carbonyl (C=O) groups is 2. The van der Waals surface area contributed by atoms with E-state index in [-0.39, 0.29) is 29.1 Å². The van der Waals surface area contributed by atoms with Gasteiger partial charge in [-0.2, -0.15) is 0 Å². The molecule has 14 atom stereocenters. The van der Waals surface area contributed by atoms with Crippen LogP contribution in [0.3, 0.4) is 0 Å². The number of aliphatic hydroxyl groups excluding tert-OH is 5. The first kappa shape index (κ1) is 26.5. The molecule has 0 aromatic carbocycles. The fourth-order valence-corrected chi connectivity index (χ4v) is 8.89. The molecule has 0 radical (unpaired) electrons. The van der Waals surface area contributed by atoms with Crippen LogP contribution >= 0.6 is 0 Å². The SMILES string of the molecule is C[C@]12C[C@@H](O)[C@H]3[C@@H](CC[C@@H]4C[C@@H](O)CC[C@@H]43)[C@@H]1CC[C@@H]2C(=O)COC1O[C@H](C(=O)O)[C@@H](O)[C@H](O)[C@H]1O. The Morgan fingerprint density at radius 2 is 1.64 bits per heavy atom. The van der Waals surface area contributed by atoms with Crippen molar-refractivity contribution < 1.29 is 49.7 Å². The number of hydrogen-bond donors (Lipinski definition) is 6. The first-order chi connectivity index (χ1) is 17.0. The molecule has 4 aliphatic carbocycles. The molecule has 5 fully saturated rings. The number of carboxylic acid groups (broad SMARTS) is 1. The predicted molar refractivity (Wildman–Crippen MR) is 123 cm³/mol. The highest BCUT2D eigenvalue weighted by atomic mass is 16.7. The molecule has 1 saturated heterocycles. The zero-order valence-corrected chi connectivity index (χ0v) is 20.7. The van der Waals surface area contributed by atoms with Crippen molar-refractivity contribution in [1.82, 2.24) is 0 Å². The highest BCUT2D eigenvalue weighted by Crippen LogP contribution is 2.64. The zero-order chi connectivity index (χ0) is 25.9. The number of carbonyl (C=O) groups excluding carboxylic acids is 1. The topological polar surface area (TPSA) is 174 Å². The van der Waals surface area contributed by atoms with Crippen molar-refractivity contribution in [3.8, 4) is 0 Å². The summed E-state index contributed by atoms with van der Waals surface area (Å²) in [5.41, 5.74) is -0.382. The van der Waals surface area contributed by atoms with Gasteiger partial charge in [-0.05, 0) is 86.4 Å². The van der Waals surface area contributed by atoms with Gasteiger partial charge in [0.05, 0.1) is 12.2 Å². The molecule has 5 rings (SSSR count). The van der Waals surface area contributed by atoms with Gasteiger partial charge in [0.1, 0.15) is 24.9 Å². The Bertz CT molecular complexity index is 851. The minimum absolute atomic E-state index is 0.191. The molecule has 10 nitrogen and oxygen atoms in total. The Morgan fingerprint density at radius 1 is 0.917 bits per heavy atom. The van der Waals surface area contributed by atoms with E-state index < -0.39 is 49.4 Å². The first-order valence-corrected chi connectivity index (χ1v) is 13.5. The maximum atomic E-state index is 13.3. The summed E-state index contributed by atoms with van der Waals surface area (Å²) in [6.07, 6.45) is -2.62. The van der Waals surface area contributed by atoms with Crippen molar-refractivity contribution in [2.45, 2.75) is 101 Å². The van der Waals surface area contributed by atoms with Crippen LogP contribution < -0.4 is 0 Å². The van der Waals surface area contributed by atoms with E-state index in [0.717, 1.165) is 38.5 Å². The van der Waals surface area contributed by atoms with E-state index in [2.05, 4.69) is 6.92 Å². The van der Waals surface area contributed by atoms with E-state index in [1.807, 2.05) is 0 Å². The first-order valence-electron chi connectivity index (χ1n) is 13.5. The van der Waals surface area contributed by atoms with E-state index in [0.29, 0.717) is 36.5 Å². The Morgan fingerprint density at radius 3 is 2.36 bits per heavy atom. The molecule has 36 heavy (non-hydrogen) atoms. The van der Waals surface area contributed by atoms with E-state index in [1.165, 1.54) is 0 Å². The third kappa shape index (κ3) is 4.32. The average Bonchev–Trinajstić information content (AvgIpc) is 3.17. The van der Waals surface area contributed by atoms with Crippen LogP contribution in [-0.4, -0.2) is 91.9 Å². The summed E-state index contributed by atoms with van der Waals surface area (Å²) in [7, 11) is 0. The summed E-state index contributed by atoms with van der Waals surface area (Å²) in [5, 5.41) is 60.7. The quantitative estimate of drug-likeness (QED) is 0.296. The average molecular weight is 513 g/mol. The summed E-state index contributed by atoms with van der Waals surface area (Å²) in [4.78, 5) is 24.7. The van der Waals surface area contributed by atoms with Crippen LogP contribution in [0.1, 0.15) is 58.3 Å². The van der Waals surface area contributed by atoms with Crippen molar-refractivity contribution in [2.75, 3.05) is 6.61 Å². The Hall–Kier alpha value is -1.14. The van der Waals surface area contributed by atoms with Gasteiger partial charge < -0.3 is 40.1 Å². The van der Waals surface area contributed by atoms with Gasteiger partial charge in [0.25, 0.3) is 0 Å².